The van der Waals surface area contributed by atoms with Crippen molar-refractivity contribution in [2.24, 2.45) is 0 Å². The van der Waals surface area contributed by atoms with Crippen LogP contribution >= 0.6 is 38.5 Å². The topological polar surface area (TPSA) is 24.9 Å². The van der Waals surface area contributed by atoms with Gasteiger partial charge in [0.25, 0.3) is 0 Å². The molecule has 2 nitrogen and oxygen atoms in total. The second-order valence-electron chi connectivity index (χ2n) is 4.77. The van der Waals surface area contributed by atoms with Crippen molar-refractivity contribution >= 4 is 38.5 Å². The van der Waals surface area contributed by atoms with E-state index >= 15 is 0 Å². The molecule has 0 aliphatic heterocycles. The van der Waals surface area contributed by atoms with Crippen LogP contribution in [0.5, 0.6) is 0 Å². The Morgan fingerprint density at radius 1 is 1.25 bits per heavy atom. The van der Waals surface area contributed by atoms with Crippen LogP contribution in [0.15, 0.2) is 47.2 Å². The fourth-order valence-electron chi connectivity index (χ4n) is 2.12. The molecule has 1 atom stereocenters. The Labute approximate surface area is 142 Å². The quantitative estimate of drug-likeness (QED) is 0.651. The van der Waals surface area contributed by atoms with Gasteiger partial charge in [-0.25, -0.2) is 0 Å². The second kappa shape index (κ2) is 8.10. The molecule has 4 heteroatoms. The normalized spacial score (nSPS) is 12.3. The van der Waals surface area contributed by atoms with Crippen molar-refractivity contribution in [3.8, 4) is 0 Å². The first-order valence-corrected chi connectivity index (χ1v) is 8.64. The van der Waals surface area contributed by atoms with Crippen molar-refractivity contribution in [2.45, 2.75) is 25.8 Å². The molecule has 106 valence electrons. The maximum atomic E-state index is 4.25. The summed E-state index contributed by atoms with van der Waals surface area (Å²) in [4.78, 5) is 4.25. The molecule has 1 heterocycles. The van der Waals surface area contributed by atoms with Crippen molar-refractivity contribution in [3.63, 3.8) is 0 Å². The summed E-state index contributed by atoms with van der Waals surface area (Å²) in [5.74, 6) is 0. The molecule has 0 saturated carbocycles. The van der Waals surface area contributed by atoms with Gasteiger partial charge >= 0.3 is 0 Å². The summed E-state index contributed by atoms with van der Waals surface area (Å²) in [5, 5.41) is 3.63. The fourth-order valence-corrected chi connectivity index (χ4v) is 2.90. The van der Waals surface area contributed by atoms with Crippen LogP contribution in [0, 0.1) is 3.57 Å². The molecule has 0 amide bonds. The minimum absolute atomic E-state index is 0.336. The first kappa shape index (κ1) is 15.9. The molecule has 1 aromatic carbocycles. The molecule has 0 aliphatic carbocycles. The van der Waals surface area contributed by atoms with E-state index in [1.165, 1.54) is 14.7 Å². The van der Waals surface area contributed by atoms with Crippen LogP contribution in [0.1, 0.15) is 30.5 Å². The summed E-state index contributed by atoms with van der Waals surface area (Å²) in [6, 6.07) is 11.2. The summed E-state index contributed by atoms with van der Waals surface area (Å²) in [7, 11) is 0. The van der Waals surface area contributed by atoms with Crippen LogP contribution in [0.25, 0.3) is 0 Å². The first-order chi connectivity index (χ1) is 9.69. The number of pyridine rings is 1. The Morgan fingerprint density at radius 2 is 2.00 bits per heavy atom. The standard InChI is InChI=1S/C16H18BrIN2/c1-2-7-20-16(13-3-5-15(18)6-4-13)9-12-8-14(17)11-19-10-12/h3-6,8,10-11,16,20H,2,7,9H2,1H3. The molecule has 0 spiro atoms. The van der Waals surface area contributed by atoms with Crippen LogP contribution in [-0.4, -0.2) is 11.5 Å². The van der Waals surface area contributed by atoms with E-state index in [4.69, 9.17) is 0 Å². The lowest BCUT2D eigenvalue weighted by Gasteiger charge is -2.19. The molecular formula is C16H18BrIN2. The van der Waals surface area contributed by atoms with Gasteiger partial charge in [0.15, 0.2) is 0 Å². The SMILES string of the molecule is CCCNC(Cc1cncc(Br)c1)c1ccc(I)cc1. The number of rotatable bonds is 6. The molecular weight excluding hydrogens is 427 g/mol. The van der Waals surface area contributed by atoms with Crippen LogP contribution in [-0.2, 0) is 6.42 Å². The number of aromatic nitrogens is 1. The number of hydrogen-bond donors (Lipinski definition) is 1. The maximum Gasteiger partial charge on any atom is 0.0410 e. The van der Waals surface area contributed by atoms with E-state index in [2.05, 4.69) is 86.1 Å². The average molecular weight is 445 g/mol. The van der Waals surface area contributed by atoms with Gasteiger partial charge in [-0.2, -0.15) is 0 Å². The van der Waals surface area contributed by atoms with E-state index in [0.29, 0.717) is 6.04 Å². The van der Waals surface area contributed by atoms with Crippen LogP contribution in [0.3, 0.4) is 0 Å². The number of nitrogens with zero attached hydrogens (tertiary/aromatic N) is 1. The van der Waals surface area contributed by atoms with Crippen molar-refractivity contribution in [3.05, 3.63) is 61.9 Å². The third-order valence-corrected chi connectivity index (χ3v) is 4.27. The Bertz CT molecular complexity index is 542. The molecule has 0 bridgehead atoms. The van der Waals surface area contributed by atoms with Crippen LogP contribution < -0.4 is 5.32 Å². The zero-order chi connectivity index (χ0) is 14.4. The Morgan fingerprint density at radius 3 is 2.65 bits per heavy atom. The molecule has 0 aliphatic rings. The van der Waals surface area contributed by atoms with Gasteiger partial charge in [0, 0.05) is 26.5 Å². The highest BCUT2D eigenvalue weighted by Gasteiger charge is 2.12. The predicted molar refractivity (Wildman–Crippen MR) is 95.8 cm³/mol. The third-order valence-electron chi connectivity index (χ3n) is 3.11. The Hall–Kier alpha value is -0.460. The van der Waals surface area contributed by atoms with E-state index < -0.39 is 0 Å². The van der Waals surface area contributed by atoms with Gasteiger partial charge in [-0.05, 0) is 87.2 Å². The fraction of sp³-hybridized carbons (Fsp3) is 0.312. The van der Waals surface area contributed by atoms with Gasteiger partial charge in [-0.15, -0.1) is 0 Å². The molecule has 0 radical (unpaired) electrons. The molecule has 2 aromatic rings. The minimum atomic E-state index is 0.336. The highest BCUT2D eigenvalue weighted by atomic mass is 127. The van der Waals surface area contributed by atoms with Crippen molar-refractivity contribution in [1.29, 1.82) is 0 Å². The van der Waals surface area contributed by atoms with Crippen LogP contribution in [0.4, 0.5) is 0 Å². The number of hydrogen-bond acceptors (Lipinski definition) is 2. The number of benzene rings is 1. The van der Waals surface area contributed by atoms with Gasteiger partial charge in [0.2, 0.25) is 0 Å². The summed E-state index contributed by atoms with van der Waals surface area (Å²) in [5.41, 5.74) is 2.57. The lowest BCUT2D eigenvalue weighted by atomic mass is 10.00. The van der Waals surface area contributed by atoms with Gasteiger partial charge in [0.05, 0.1) is 0 Å². The van der Waals surface area contributed by atoms with Gasteiger partial charge in [0.1, 0.15) is 0 Å². The van der Waals surface area contributed by atoms with E-state index in [1.807, 2.05) is 12.4 Å². The molecule has 1 N–H and O–H groups in total. The van der Waals surface area contributed by atoms with Crippen molar-refractivity contribution in [1.82, 2.24) is 10.3 Å². The van der Waals surface area contributed by atoms with E-state index in [9.17, 15) is 0 Å². The van der Waals surface area contributed by atoms with Crippen molar-refractivity contribution < 1.29 is 0 Å². The van der Waals surface area contributed by atoms with Gasteiger partial charge in [-0.3, -0.25) is 4.98 Å². The maximum absolute atomic E-state index is 4.25. The lowest BCUT2D eigenvalue weighted by molar-refractivity contribution is 0.528. The van der Waals surface area contributed by atoms with Gasteiger partial charge < -0.3 is 5.32 Å². The molecule has 0 saturated heterocycles. The molecule has 20 heavy (non-hydrogen) atoms. The summed E-state index contributed by atoms with van der Waals surface area (Å²) >= 11 is 5.83. The largest absolute Gasteiger partial charge is 0.310 e. The first-order valence-electron chi connectivity index (χ1n) is 6.77. The highest BCUT2D eigenvalue weighted by molar-refractivity contribution is 14.1. The smallest absolute Gasteiger partial charge is 0.0410 e. The third kappa shape index (κ3) is 4.82. The summed E-state index contributed by atoms with van der Waals surface area (Å²) in [6.07, 6.45) is 5.85. The van der Waals surface area contributed by atoms with E-state index in [-0.39, 0.29) is 0 Å². The molecule has 1 unspecified atom stereocenters. The second-order valence-corrected chi connectivity index (χ2v) is 6.94. The van der Waals surface area contributed by atoms with Gasteiger partial charge in [-0.1, -0.05) is 19.1 Å². The molecule has 1 aromatic heterocycles. The zero-order valence-electron chi connectivity index (χ0n) is 11.4. The lowest BCUT2D eigenvalue weighted by Crippen LogP contribution is -2.24. The zero-order valence-corrected chi connectivity index (χ0v) is 15.2. The predicted octanol–water partition coefficient (Wildman–Crippen LogP) is 4.73. The minimum Gasteiger partial charge on any atom is -0.310 e. The van der Waals surface area contributed by atoms with E-state index in [0.717, 1.165) is 23.9 Å². The van der Waals surface area contributed by atoms with Crippen LogP contribution in [0.2, 0.25) is 0 Å². The summed E-state index contributed by atoms with van der Waals surface area (Å²) < 4.78 is 2.30. The average Bonchev–Trinajstić information content (AvgIpc) is 2.44. The van der Waals surface area contributed by atoms with Crippen molar-refractivity contribution in [2.75, 3.05) is 6.54 Å². The van der Waals surface area contributed by atoms with E-state index in [1.54, 1.807) is 0 Å². The monoisotopic (exact) mass is 444 g/mol. The Kier molecular flexibility index (Phi) is 6.45. The molecule has 2 rings (SSSR count). The Balaban J connectivity index is 2.16. The number of halogens is 2. The summed E-state index contributed by atoms with van der Waals surface area (Å²) in [6.45, 7) is 3.22. The highest BCUT2D eigenvalue weighted by Crippen LogP contribution is 2.21. The number of nitrogens with one attached hydrogen (secondary N) is 1. The molecule has 0 fully saturated rings.